The van der Waals surface area contributed by atoms with Crippen molar-refractivity contribution in [3.63, 3.8) is 0 Å². The summed E-state index contributed by atoms with van der Waals surface area (Å²) in [6, 6.07) is 5.55. The molecule has 4 saturated carbocycles. The zero-order valence-corrected chi connectivity index (χ0v) is 22.7. The van der Waals surface area contributed by atoms with Crippen LogP contribution in [0.3, 0.4) is 0 Å². The number of benzene rings is 1. The summed E-state index contributed by atoms with van der Waals surface area (Å²) in [4.78, 5) is 28.2. The van der Waals surface area contributed by atoms with E-state index < -0.39 is 5.54 Å². The van der Waals surface area contributed by atoms with Crippen molar-refractivity contribution in [2.75, 3.05) is 11.9 Å². The average Bonchev–Trinajstić information content (AvgIpc) is 2.78. The Morgan fingerprint density at radius 1 is 1.19 bits per heavy atom. The van der Waals surface area contributed by atoms with E-state index in [9.17, 15) is 9.59 Å². The Balaban J connectivity index is 1.16. The van der Waals surface area contributed by atoms with E-state index in [1.165, 1.54) is 38.5 Å². The summed E-state index contributed by atoms with van der Waals surface area (Å²) in [5.41, 5.74) is 0.627. The number of ether oxygens (including phenoxy) is 1. The molecule has 2 saturated heterocycles. The second kappa shape index (κ2) is 9.26. The van der Waals surface area contributed by atoms with Crippen LogP contribution in [0.2, 0.25) is 5.02 Å². The van der Waals surface area contributed by atoms with Crippen LogP contribution >= 0.6 is 11.6 Å². The molecule has 6 fully saturated rings. The first kappa shape index (κ1) is 25.2. The zero-order chi connectivity index (χ0) is 25.9. The van der Waals surface area contributed by atoms with Crippen molar-refractivity contribution in [3.05, 3.63) is 28.8 Å². The SMILES string of the molecule is C[C@@H]1C[C@H](N2C(=N)N[C@](C)(c3cccc(NC(=O)CC45CC6CC(CC(C6)C4)C5)c3Cl)CC2=O)CCO1. The third-order valence-corrected chi connectivity index (χ3v) is 10.2. The van der Waals surface area contributed by atoms with Crippen LogP contribution in [-0.4, -0.2) is 41.4 Å². The molecular weight excluding hydrogens is 488 g/mol. The van der Waals surface area contributed by atoms with E-state index in [4.69, 9.17) is 21.7 Å². The van der Waals surface area contributed by atoms with Crippen molar-refractivity contribution in [3.8, 4) is 0 Å². The Hall–Kier alpha value is -2.12. The highest BCUT2D eigenvalue weighted by Crippen LogP contribution is 2.61. The Labute approximate surface area is 224 Å². The van der Waals surface area contributed by atoms with Crippen LogP contribution in [0.5, 0.6) is 0 Å². The van der Waals surface area contributed by atoms with Crippen LogP contribution in [0.4, 0.5) is 5.69 Å². The Bertz CT molecular complexity index is 1070. The summed E-state index contributed by atoms with van der Waals surface area (Å²) < 4.78 is 5.64. The van der Waals surface area contributed by atoms with Gasteiger partial charge in [-0.1, -0.05) is 23.7 Å². The number of rotatable bonds is 5. The van der Waals surface area contributed by atoms with Crippen LogP contribution in [-0.2, 0) is 19.9 Å². The molecule has 37 heavy (non-hydrogen) atoms. The van der Waals surface area contributed by atoms with Crippen LogP contribution in [0.1, 0.15) is 83.6 Å². The van der Waals surface area contributed by atoms with Crippen molar-refractivity contribution in [2.24, 2.45) is 23.2 Å². The standard InChI is InChI=1S/C29H39ClN4O3/c1-17-8-21(6-7-37-17)34-25(36)16-28(2,33-27(34)31)22-4-3-5-23(26(22)30)32-24(35)15-29-12-18-9-19(13-29)11-20(10-18)14-29/h3-5,17-21H,6-16H2,1-2H3,(H2,31,33)(H,32,35)/t17-,18?,19?,20?,21-,28+,29?/m1/s1. The van der Waals surface area contributed by atoms with E-state index in [1.807, 2.05) is 32.0 Å². The molecule has 0 unspecified atom stereocenters. The molecule has 7 rings (SSSR count). The molecule has 3 atom stereocenters. The minimum absolute atomic E-state index is 0.0337. The molecule has 200 valence electrons. The predicted molar refractivity (Wildman–Crippen MR) is 143 cm³/mol. The molecule has 4 aliphatic carbocycles. The number of hydrogen-bond acceptors (Lipinski definition) is 4. The molecule has 4 bridgehead atoms. The topological polar surface area (TPSA) is 94.5 Å². The third-order valence-electron chi connectivity index (χ3n) is 9.80. The number of halogens is 1. The lowest BCUT2D eigenvalue weighted by Gasteiger charge is -2.56. The molecule has 0 radical (unpaired) electrons. The van der Waals surface area contributed by atoms with Gasteiger partial charge in [0.25, 0.3) is 0 Å². The van der Waals surface area contributed by atoms with Crippen molar-refractivity contribution < 1.29 is 14.3 Å². The molecule has 7 nitrogen and oxygen atoms in total. The van der Waals surface area contributed by atoms with Crippen LogP contribution < -0.4 is 10.6 Å². The van der Waals surface area contributed by atoms with Gasteiger partial charge in [0.2, 0.25) is 11.8 Å². The minimum atomic E-state index is -0.834. The Morgan fingerprint density at radius 2 is 1.86 bits per heavy atom. The predicted octanol–water partition coefficient (Wildman–Crippen LogP) is 5.42. The molecule has 1 aromatic carbocycles. The molecular formula is C29H39ClN4O3. The van der Waals surface area contributed by atoms with Crippen LogP contribution in [0, 0.1) is 28.6 Å². The van der Waals surface area contributed by atoms with E-state index in [0.29, 0.717) is 23.7 Å². The van der Waals surface area contributed by atoms with Gasteiger partial charge >= 0.3 is 0 Å². The van der Waals surface area contributed by atoms with Gasteiger partial charge in [0, 0.05) is 19.1 Å². The van der Waals surface area contributed by atoms with E-state index in [2.05, 4.69) is 10.6 Å². The highest BCUT2D eigenvalue weighted by molar-refractivity contribution is 6.34. The number of carbonyl (C=O) groups excluding carboxylic acids is 2. The maximum atomic E-state index is 13.3. The summed E-state index contributed by atoms with van der Waals surface area (Å²) in [6.45, 7) is 4.51. The fourth-order valence-electron chi connectivity index (χ4n) is 8.73. The Morgan fingerprint density at radius 3 is 2.49 bits per heavy atom. The van der Waals surface area contributed by atoms with E-state index in [0.717, 1.165) is 36.2 Å². The second-order valence-electron chi connectivity index (χ2n) is 12.9. The van der Waals surface area contributed by atoms with Gasteiger partial charge in [0.05, 0.1) is 28.8 Å². The number of nitrogens with one attached hydrogen (secondary N) is 3. The number of nitrogens with zero attached hydrogens (tertiary/aromatic N) is 1. The fourth-order valence-corrected chi connectivity index (χ4v) is 9.11. The van der Waals surface area contributed by atoms with Crippen LogP contribution in [0.15, 0.2) is 18.2 Å². The summed E-state index contributed by atoms with van der Waals surface area (Å²) in [5, 5.41) is 15.5. The fraction of sp³-hybridized carbons (Fsp3) is 0.690. The number of anilines is 1. The van der Waals surface area contributed by atoms with Gasteiger partial charge in [0.15, 0.2) is 5.96 Å². The Kier molecular flexibility index (Phi) is 6.30. The number of hydrogen-bond donors (Lipinski definition) is 3. The molecule has 3 N–H and O–H groups in total. The second-order valence-corrected chi connectivity index (χ2v) is 13.3. The first-order valence-electron chi connectivity index (χ1n) is 14.0. The van der Waals surface area contributed by atoms with Gasteiger partial charge in [-0.25, -0.2) is 0 Å². The van der Waals surface area contributed by atoms with Gasteiger partial charge in [-0.15, -0.1) is 0 Å². The maximum Gasteiger partial charge on any atom is 0.232 e. The summed E-state index contributed by atoms with van der Waals surface area (Å²) >= 11 is 6.88. The van der Waals surface area contributed by atoms with Crippen molar-refractivity contribution in [1.29, 1.82) is 5.41 Å². The molecule has 2 aliphatic heterocycles. The largest absolute Gasteiger partial charge is 0.378 e. The summed E-state index contributed by atoms with van der Waals surface area (Å²) in [7, 11) is 0. The van der Waals surface area contributed by atoms with E-state index in [-0.39, 0.29) is 41.8 Å². The lowest BCUT2D eigenvalue weighted by molar-refractivity contribution is -0.134. The van der Waals surface area contributed by atoms with Gasteiger partial charge < -0.3 is 15.4 Å². The number of guanidine groups is 1. The van der Waals surface area contributed by atoms with Crippen molar-refractivity contribution in [1.82, 2.24) is 10.2 Å². The average molecular weight is 527 g/mol. The first-order chi connectivity index (χ1) is 17.6. The van der Waals surface area contributed by atoms with E-state index >= 15 is 0 Å². The van der Waals surface area contributed by atoms with Crippen molar-refractivity contribution >= 4 is 35.1 Å². The third kappa shape index (κ3) is 4.67. The highest BCUT2D eigenvalue weighted by atomic mass is 35.5. The first-order valence-corrected chi connectivity index (χ1v) is 14.4. The lowest BCUT2D eigenvalue weighted by atomic mass is 9.49. The molecule has 0 spiro atoms. The lowest BCUT2D eigenvalue weighted by Crippen LogP contribution is -2.63. The normalized spacial score (nSPS) is 39.0. The monoisotopic (exact) mass is 526 g/mol. The van der Waals surface area contributed by atoms with Gasteiger partial charge in [-0.05, 0) is 100 Å². The molecule has 6 aliphatic rings. The molecule has 0 aromatic heterocycles. The van der Waals surface area contributed by atoms with E-state index in [1.54, 1.807) is 4.90 Å². The van der Waals surface area contributed by atoms with Gasteiger partial charge in [-0.3, -0.25) is 19.9 Å². The molecule has 1 aromatic rings. The molecule has 2 heterocycles. The number of carbonyl (C=O) groups is 2. The maximum absolute atomic E-state index is 13.3. The highest BCUT2D eigenvalue weighted by Gasteiger charge is 2.51. The van der Waals surface area contributed by atoms with Crippen molar-refractivity contribution in [2.45, 2.75) is 95.7 Å². The van der Waals surface area contributed by atoms with Gasteiger partial charge in [0.1, 0.15) is 0 Å². The summed E-state index contributed by atoms with van der Waals surface area (Å²) in [6.07, 6.45) is 9.91. The number of amides is 2. The molecule has 8 heteroatoms. The van der Waals surface area contributed by atoms with Crippen LogP contribution in [0.25, 0.3) is 0 Å². The molecule has 2 amide bonds. The summed E-state index contributed by atoms with van der Waals surface area (Å²) in [5.74, 6) is 2.47. The zero-order valence-electron chi connectivity index (χ0n) is 21.9. The minimum Gasteiger partial charge on any atom is -0.378 e. The quantitative estimate of drug-likeness (QED) is 0.477. The van der Waals surface area contributed by atoms with Gasteiger partial charge in [-0.2, -0.15) is 0 Å². The smallest absolute Gasteiger partial charge is 0.232 e.